The van der Waals surface area contributed by atoms with Gasteiger partial charge >= 0.3 is 0 Å². The van der Waals surface area contributed by atoms with Gasteiger partial charge in [-0.15, -0.1) is 0 Å². The Kier molecular flexibility index (Phi) is 3.20. The number of aromatic nitrogens is 1. The van der Waals surface area contributed by atoms with E-state index in [9.17, 15) is 0 Å². The first-order chi connectivity index (χ1) is 11.3. The van der Waals surface area contributed by atoms with Gasteiger partial charge in [0.2, 0.25) is 0 Å². The van der Waals surface area contributed by atoms with Crippen LogP contribution in [-0.2, 0) is 0 Å². The van der Waals surface area contributed by atoms with Gasteiger partial charge in [-0.3, -0.25) is 0 Å². The zero-order chi connectivity index (χ0) is 15.8. The van der Waals surface area contributed by atoms with E-state index < -0.39 is 0 Å². The third-order valence-corrected chi connectivity index (χ3v) is 4.34. The molecule has 3 aromatic carbocycles. The maximum atomic E-state index is 4.81. The molecule has 4 rings (SSSR count). The number of fused-ring (bicyclic) bond motifs is 2. The Bertz CT molecular complexity index is 990. The smallest absolute Gasteiger partial charge is 0.0715 e. The van der Waals surface area contributed by atoms with E-state index in [0.29, 0.717) is 0 Å². The standard InChI is InChI=1S/C22H17N/c1-3-16-12-13-17(15(2)14-16)22-18-8-4-6-10-20(18)23-21-11-7-5-9-19(21)22/h3-14H,1H2,2H3. The van der Waals surface area contributed by atoms with Crippen LogP contribution in [0.25, 0.3) is 39.0 Å². The molecule has 0 aliphatic rings. The van der Waals surface area contributed by atoms with E-state index in [0.717, 1.165) is 16.6 Å². The molecule has 23 heavy (non-hydrogen) atoms. The van der Waals surface area contributed by atoms with Gasteiger partial charge in [-0.2, -0.15) is 0 Å². The van der Waals surface area contributed by atoms with Gasteiger partial charge in [-0.1, -0.05) is 67.3 Å². The minimum Gasteiger partial charge on any atom is -0.248 e. The first-order valence-electron chi connectivity index (χ1n) is 7.79. The molecule has 0 radical (unpaired) electrons. The first-order valence-corrected chi connectivity index (χ1v) is 7.79. The summed E-state index contributed by atoms with van der Waals surface area (Å²) in [4.78, 5) is 4.81. The highest BCUT2D eigenvalue weighted by Gasteiger charge is 2.12. The van der Waals surface area contributed by atoms with Crippen molar-refractivity contribution in [2.45, 2.75) is 6.92 Å². The molecule has 0 fully saturated rings. The Hall–Kier alpha value is -2.93. The first kappa shape index (κ1) is 13.7. The maximum absolute atomic E-state index is 4.81. The monoisotopic (exact) mass is 295 g/mol. The van der Waals surface area contributed by atoms with Crippen LogP contribution < -0.4 is 0 Å². The van der Waals surface area contributed by atoms with Gasteiger partial charge in [0.25, 0.3) is 0 Å². The summed E-state index contributed by atoms with van der Waals surface area (Å²) in [5.74, 6) is 0. The van der Waals surface area contributed by atoms with Gasteiger partial charge < -0.3 is 0 Å². The fourth-order valence-electron chi connectivity index (χ4n) is 3.22. The fourth-order valence-corrected chi connectivity index (χ4v) is 3.22. The van der Waals surface area contributed by atoms with E-state index in [2.05, 4.69) is 68.1 Å². The van der Waals surface area contributed by atoms with Crippen molar-refractivity contribution in [2.24, 2.45) is 0 Å². The normalized spacial score (nSPS) is 11.0. The quantitative estimate of drug-likeness (QED) is 0.413. The number of rotatable bonds is 2. The Morgan fingerprint density at radius 3 is 2.00 bits per heavy atom. The highest BCUT2D eigenvalue weighted by molar-refractivity contribution is 6.09. The minimum absolute atomic E-state index is 1.04. The summed E-state index contributed by atoms with van der Waals surface area (Å²) < 4.78 is 0. The number of para-hydroxylation sites is 2. The molecule has 1 heterocycles. The van der Waals surface area contributed by atoms with Gasteiger partial charge in [-0.05, 0) is 35.7 Å². The van der Waals surface area contributed by atoms with E-state index in [1.807, 2.05) is 18.2 Å². The van der Waals surface area contributed by atoms with Crippen molar-refractivity contribution in [2.75, 3.05) is 0 Å². The molecular formula is C22H17N. The van der Waals surface area contributed by atoms with Crippen LogP contribution in [0.2, 0.25) is 0 Å². The SMILES string of the molecule is C=Cc1ccc(-c2c3ccccc3nc3ccccc23)c(C)c1. The van der Waals surface area contributed by atoms with Gasteiger partial charge in [0.15, 0.2) is 0 Å². The van der Waals surface area contributed by atoms with Crippen LogP contribution in [-0.4, -0.2) is 4.98 Å². The molecule has 1 aromatic heterocycles. The van der Waals surface area contributed by atoms with Gasteiger partial charge in [0, 0.05) is 16.3 Å². The Balaban J connectivity index is 2.17. The molecule has 0 amide bonds. The molecular weight excluding hydrogens is 278 g/mol. The lowest BCUT2D eigenvalue weighted by molar-refractivity contribution is 1.44. The molecule has 110 valence electrons. The van der Waals surface area contributed by atoms with Crippen molar-refractivity contribution >= 4 is 27.9 Å². The van der Waals surface area contributed by atoms with Gasteiger partial charge in [0.05, 0.1) is 11.0 Å². The number of aryl methyl sites for hydroxylation is 1. The molecule has 0 N–H and O–H groups in total. The third kappa shape index (κ3) is 2.22. The second kappa shape index (κ2) is 5.36. The van der Waals surface area contributed by atoms with Gasteiger partial charge in [-0.25, -0.2) is 4.98 Å². The van der Waals surface area contributed by atoms with E-state index in [1.54, 1.807) is 0 Å². The molecule has 0 saturated heterocycles. The lowest BCUT2D eigenvalue weighted by Crippen LogP contribution is -1.91. The summed E-state index contributed by atoms with van der Waals surface area (Å²) in [7, 11) is 0. The molecule has 0 bridgehead atoms. The van der Waals surface area contributed by atoms with Crippen LogP contribution >= 0.6 is 0 Å². The molecule has 0 aliphatic heterocycles. The van der Waals surface area contributed by atoms with Crippen LogP contribution in [0, 0.1) is 6.92 Å². The predicted octanol–water partition coefficient (Wildman–Crippen LogP) is 6.01. The van der Waals surface area contributed by atoms with Crippen molar-refractivity contribution in [1.82, 2.24) is 4.98 Å². The van der Waals surface area contributed by atoms with Crippen LogP contribution in [0.15, 0.2) is 73.3 Å². The van der Waals surface area contributed by atoms with Crippen LogP contribution in [0.3, 0.4) is 0 Å². The lowest BCUT2D eigenvalue weighted by atomic mass is 9.92. The van der Waals surface area contributed by atoms with Gasteiger partial charge in [0.1, 0.15) is 0 Å². The van der Waals surface area contributed by atoms with Crippen LogP contribution in [0.4, 0.5) is 0 Å². The predicted molar refractivity (Wildman–Crippen MR) is 99.5 cm³/mol. The number of pyridine rings is 1. The Morgan fingerprint density at radius 2 is 1.43 bits per heavy atom. The third-order valence-electron chi connectivity index (χ3n) is 4.34. The van der Waals surface area contributed by atoms with E-state index in [4.69, 9.17) is 4.98 Å². The van der Waals surface area contributed by atoms with Crippen LogP contribution in [0.1, 0.15) is 11.1 Å². The van der Waals surface area contributed by atoms with E-state index in [1.165, 1.54) is 27.5 Å². The van der Waals surface area contributed by atoms with E-state index >= 15 is 0 Å². The van der Waals surface area contributed by atoms with Crippen molar-refractivity contribution < 1.29 is 0 Å². The summed E-state index contributed by atoms with van der Waals surface area (Å²) in [5, 5.41) is 2.39. The molecule has 0 unspecified atom stereocenters. The summed E-state index contributed by atoms with van der Waals surface area (Å²) in [6.07, 6.45) is 1.89. The summed E-state index contributed by atoms with van der Waals surface area (Å²) in [6, 6.07) is 23.2. The summed E-state index contributed by atoms with van der Waals surface area (Å²) in [5.41, 5.74) is 6.99. The van der Waals surface area contributed by atoms with E-state index in [-0.39, 0.29) is 0 Å². The second-order valence-electron chi connectivity index (χ2n) is 5.80. The molecule has 1 nitrogen and oxygen atoms in total. The average Bonchev–Trinajstić information content (AvgIpc) is 2.60. The number of hydrogen-bond acceptors (Lipinski definition) is 1. The topological polar surface area (TPSA) is 12.9 Å². The molecule has 0 spiro atoms. The highest BCUT2D eigenvalue weighted by Crippen LogP contribution is 2.36. The van der Waals surface area contributed by atoms with Crippen molar-refractivity contribution in [1.29, 1.82) is 0 Å². The molecule has 1 heteroatoms. The lowest BCUT2D eigenvalue weighted by Gasteiger charge is -2.14. The number of nitrogens with zero attached hydrogens (tertiary/aromatic N) is 1. The van der Waals surface area contributed by atoms with Crippen molar-refractivity contribution in [3.8, 4) is 11.1 Å². The fraction of sp³-hybridized carbons (Fsp3) is 0.0455. The zero-order valence-corrected chi connectivity index (χ0v) is 13.1. The minimum atomic E-state index is 1.04. The van der Waals surface area contributed by atoms with Crippen molar-refractivity contribution in [3.05, 3.63) is 84.4 Å². The largest absolute Gasteiger partial charge is 0.248 e. The Labute approximate surface area is 135 Å². The summed E-state index contributed by atoms with van der Waals surface area (Å²) >= 11 is 0. The molecule has 4 aromatic rings. The maximum Gasteiger partial charge on any atom is 0.0715 e. The molecule has 0 aliphatic carbocycles. The van der Waals surface area contributed by atoms with Crippen LogP contribution in [0.5, 0.6) is 0 Å². The second-order valence-corrected chi connectivity index (χ2v) is 5.80. The Morgan fingerprint density at radius 1 is 0.826 bits per heavy atom. The molecule has 0 saturated carbocycles. The number of benzene rings is 3. The average molecular weight is 295 g/mol. The summed E-state index contributed by atoms with van der Waals surface area (Å²) in [6.45, 7) is 6.02. The highest BCUT2D eigenvalue weighted by atomic mass is 14.7. The van der Waals surface area contributed by atoms with Crippen molar-refractivity contribution in [3.63, 3.8) is 0 Å². The molecule has 0 atom stereocenters. The number of hydrogen-bond donors (Lipinski definition) is 0. The zero-order valence-electron chi connectivity index (χ0n) is 13.1.